The van der Waals surface area contributed by atoms with E-state index in [-0.39, 0.29) is 12.5 Å². The summed E-state index contributed by atoms with van der Waals surface area (Å²) in [5.41, 5.74) is 4.24. The highest BCUT2D eigenvalue weighted by Gasteiger charge is 2.24. The number of carbonyl (C=O) groups excluding carboxylic acids is 2. The Balaban J connectivity index is 3.75. The van der Waals surface area contributed by atoms with Gasteiger partial charge in [-0.3, -0.25) is 14.9 Å². The summed E-state index contributed by atoms with van der Waals surface area (Å²) in [6.45, 7) is 5.68. The van der Waals surface area contributed by atoms with Crippen molar-refractivity contribution in [2.75, 3.05) is 13.2 Å². The van der Waals surface area contributed by atoms with Crippen molar-refractivity contribution >= 4 is 11.9 Å². The number of hydrogen-bond acceptors (Lipinski definition) is 4. The second-order valence-corrected chi connectivity index (χ2v) is 3.92. The zero-order valence-corrected chi connectivity index (χ0v) is 9.63. The molecular weight excluding hydrogens is 196 g/mol. The number of hydrogen-bond donors (Lipinski definition) is 2. The van der Waals surface area contributed by atoms with Gasteiger partial charge in [0.25, 0.3) is 0 Å². The van der Waals surface area contributed by atoms with Crippen molar-refractivity contribution in [2.24, 2.45) is 5.73 Å². The minimum Gasteiger partial charge on any atom is -0.465 e. The zero-order chi connectivity index (χ0) is 11.9. The largest absolute Gasteiger partial charge is 0.465 e. The van der Waals surface area contributed by atoms with Crippen molar-refractivity contribution < 1.29 is 14.3 Å². The molecule has 88 valence electrons. The van der Waals surface area contributed by atoms with Crippen LogP contribution in [-0.4, -0.2) is 30.6 Å². The summed E-state index contributed by atoms with van der Waals surface area (Å²) >= 11 is 0. The fourth-order valence-electron chi connectivity index (χ4n) is 0.762. The second-order valence-electron chi connectivity index (χ2n) is 3.92. The molecule has 0 unspecified atom stereocenters. The Kier molecular flexibility index (Phi) is 5.93. The summed E-state index contributed by atoms with van der Waals surface area (Å²) in [4.78, 5) is 22.1. The number of ether oxygens (including phenoxy) is 1. The van der Waals surface area contributed by atoms with E-state index in [1.54, 1.807) is 13.8 Å². The van der Waals surface area contributed by atoms with Gasteiger partial charge in [-0.1, -0.05) is 13.3 Å². The molecule has 5 nitrogen and oxygen atoms in total. The summed E-state index contributed by atoms with van der Waals surface area (Å²) in [5.74, 6) is -0.860. The molecule has 0 aromatic rings. The molecule has 0 saturated carbocycles. The van der Waals surface area contributed by atoms with Crippen molar-refractivity contribution in [1.29, 1.82) is 0 Å². The van der Waals surface area contributed by atoms with Crippen LogP contribution in [-0.2, 0) is 14.3 Å². The topological polar surface area (TPSA) is 81.4 Å². The minimum atomic E-state index is -0.885. The maximum absolute atomic E-state index is 11.2. The molecule has 0 aromatic carbocycles. The first-order valence-corrected chi connectivity index (χ1v) is 5.10. The number of rotatable bonds is 7. The van der Waals surface area contributed by atoms with E-state index in [0.29, 0.717) is 6.61 Å². The highest BCUT2D eigenvalue weighted by molar-refractivity contribution is 5.84. The van der Waals surface area contributed by atoms with E-state index in [9.17, 15) is 9.59 Å². The van der Waals surface area contributed by atoms with Crippen LogP contribution in [0.3, 0.4) is 0 Å². The van der Waals surface area contributed by atoms with E-state index >= 15 is 0 Å². The van der Waals surface area contributed by atoms with Gasteiger partial charge in [0.2, 0.25) is 5.91 Å². The van der Waals surface area contributed by atoms with E-state index in [1.165, 1.54) is 0 Å². The Labute approximate surface area is 90.4 Å². The third kappa shape index (κ3) is 6.06. The molecule has 0 aromatic heterocycles. The molecule has 0 rings (SSSR count). The molecule has 0 radical (unpaired) electrons. The van der Waals surface area contributed by atoms with Gasteiger partial charge >= 0.3 is 5.97 Å². The first-order chi connectivity index (χ1) is 6.90. The quantitative estimate of drug-likeness (QED) is 0.470. The fraction of sp³-hybridized carbons (Fsp3) is 0.800. The van der Waals surface area contributed by atoms with Crippen LogP contribution in [0, 0.1) is 0 Å². The van der Waals surface area contributed by atoms with Crippen LogP contribution < -0.4 is 11.1 Å². The molecule has 0 aliphatic rings. The van der Waals surface area contributed by atoms with Gasteiger partial charge < -0.3 is 10.5 Å². The van der Waals surface area contributed by atoms with Gasteiger partial charge in [0.15, 0.2) is 0 Å². The van der Waals surface area contributed by atoms with Crippen LogP contribution in [0.25, 0.3) is 0 Å². The second kappa shape index (κ2) is 6.40. The monoisotopic (exact) mass is 216 g/mol. The third-order valence-electron chi connectivity index (χ3n) is 2.05. The number of carbonyl (C=O) groups is 2. The maximum atomic E-state index is 11.2. The van der Waals surface area contributed by atoms with Crippen LogP contribution >= 0.6 is 0 Å². The van der Waals surface area contributed by atoms with E-state index in [0.717, 1.165) is 12.8 Å². The molecular formula is C10H20N2O3. The Morgan fingerprint density at radius 1 is 1.40 bits per heavy atom. The normalized spacial score (nSPS) is 11.1. The van der Waals surface area contributed by atoms with E-state index in [4.69, 9.17) is 10.5 Å². The number of esters is 1. The molecule has 0 heterocycles. The Hall–Kier alpha value is -1.10. The molecule has 0 aliphatic carbocycles. The lowest BCUT2D eigenvalue weighted by molar-refractivity contribution is -0.143. The smallest absolute Gasteiger partial charge is 0.319 e. The molecule has 0 saturated heterocycles. The van der Waals surface area contributed by atoms with Gasteiger partial charge in [0.1, 0.15) is 0 Å². The Morgan fingerprint density at radius 2 is 2.00 bits per heavy atom. The standard InChI is InChI=1S/C10H20N2O3/c1-4-5-6-15-8(13)7-12-10(2,3)9(11)14/h12H,4-7H2,1-3H3,(H2,11,14). The van der Waals surface area contributed by atoms with E-state index < -0.39 is 11.4 Å². The molecule has 15 heavy (non-hydrogen) atoms. The highest BCUT2D eigenvalue weighted by atomic mass is 16.5. The van der Waals surface area contributed by atoms with Crippen LogP contribution in [0.15, 0.2) is 0 Å². The summed E-state index contributed by atoms with van der Waals surface area (Å²) in [6.07, 6.45) is 1.83. The minimum absolute atomic E-state index is 0.000343. The number of nitrogens with one attached hydrogen (secondary N) is 1. The number of nitrogens with two attached hydrogens (primary N) is 1. The van der Waals surface area contributed by atoms with Gasteiger partial charge in [-0.05, 0) is 20.3 Å². The third-order valence-corrected chi connectivity index (χ3v) is 2.05. The number of amides is 1. The summed E-state index contributed by atoms with van der Waals surface area (Å²) in [6, 6.07) is 0. The molecule has 0 bridgehead atoms. The predicted molar refractivity (Wildman–Crippen MR) is 57.1 cm³/mol. The lowest BCUT2D eigenvalue weighted by Gasteiger charge is -2.21. The number of unbranched alkanes of at least 4 members (excludes halogenated alkanes) is 1. The average Bonchev–Trinajstić information content (AvgIpc) is 2.15. The van der Waals surface area contributed by atoms with Crippen molar-refractivity contribution in [2.45, 2.75) is 39.2 Å². The SMILES string of the molecule is CCCCOC(=O)CNC(C)(C)C(N)=O. The summed E-state index contributed by atoms with van der Waals surface area (Å²) in [7, 11) is 0. The van der Waals surface area contributed by atoms with E-state index in [1.807, 2.05) is 6.92 Å². The summed E-state index contributed by atoms with van der Waals surface area (Å²) < 4.78 is 4.90. The van der Waals surface area contributed by atoms with Crippen molar-refractivity contribution in [3.8, 4) is 0 Å². The Morgan fingerprint density at radius 3 is 2.47 bits per heavy atom. The Bertz CT molecular complexity index is 227. The van der Waals surface area contributed by atoms with E-state index in [2.05, 4.69) is 5.32 Å². The van der Waals surface area contributed by atoms with Crippen molar-refractivity contribution in [3.05, 3.63) is 0 Å². The molecule has 0 aliphatic heterocycles. The van der Waals surface area contributed by atoms with Crippen molar-refractivity contribution in [3.63, 3.8) is 0 Å². The van der Waals surface area contributed by atoms with Crippen molar-refractivity contribution in [1.82, 2.24) is 5.32 Å². The van der Waals surface area contributed by atoms with Crippen LogP contribution in [0.1, 0.15) is 33.6 Å². The lowest BCUT2D eigenvalue weighted by Crippen LogP contribution is -2.52. The molecule has 5 heteroatoms. The maximum Gasteiger partial charge on any atom is 0.319 e. The van der Waals surface area contributed by atoms with Crippen LogP contribution in [0.4, 0.5) is 0 Å². The fourth-order valence-corrected chi connectivity index (χ4v) is 0.762. The average molecular weight is 216 g/mol. The highest BCUT2D eigenvalue weighted by Crippen LogP contribution is 1.99. The van der Waals surface area contributed by atoms with Crippen LogP contribution in [0.5, 0.6) is 0 Å². The van der Waals surface area contributed by atoms with Gasteiger partial charge in [-0.25, -0.2) is 0 Å². The van der Waals surface area contributed by atoms with Gasteiger partial charge in [0, 0.05) is 0 Å². The zero-order valence-electron chi connectivity index (χ0n) is 9.63. The summed E-state index contributed by atoms with van der Waals surface area (Å²) in [5, 5.41) is 2.74. The molecule has 3 N–H and O–H groups in total. The molecule has 0 fully saturated rings. The first-order valence-electron chi connectivity index (χ1n) is 5.10. The van der Waals surface area contributed by atoms with Crippen LogP contribution in [0.2, 0.25) is 0 Å². The van der Waals surface area contributed by atoms with Gasteiger partial charge in [-0.15, -0.1) is 0 Å². The number of primary amides is 1. The molecule has 0 atom stereocenters. The molecule has 1 amide bonds. The first kappa shape index (κ1) is 13.9. The molecule has 0 spiro atoms. The van der Waals surface area contributed by atoms with Gasteiger partial charge in [0.05, 0.1) is 18.7 Å². The lowest BCUT2D eigenvalue weighted by atomic mass is 10.1. The van der Waals surface area contributed by atoms with Gasteiger partial charge in [-0.2, -0.15) is 0 Å². The predicted octanol–water partition coefficient (Wildman–Crippen LogP) is 0.183.